The Morgan fingerprint density at radius 1 is 0.497 bits per heavy atom. The zero-order chi connectivity index (χ0) is 107. The maximum Gasteiger partial charge on any atom is 1.00 e. The van der Waals surface area contributed by atoms with E-state index < -0.39 is 40.6 Å². The number of aliphatic hydroxyl groups is 2. The predicted octanol–water partition coefficient (Wildman–Crippen LogP) is 16.2. The van der Waals surface area contributed by atoms with E-state index in [1.54, 1.807) is 75.8 Å². The van der Waals surface area contributed by atoms with Gasteiger partial charge >= 0.3 is 59.2 Å². The number of aliphatic hydroxyl groups excluding tert-OH is 1. The van der Waals surface area contributed by atoms with E-state index >= 15 is 0 Å². The molecule has 4 aliphatic rings. The van der Waals surface area contributed by atoms with Crippen LogP contribution in [0.4, 0.5) is 43.0 Å². The van der Waals surface area contributed by atoms with E-state index in [4.69, 9.17) is 36.9 Å². The second-order valence-electron chi connectivity index (χ2n) is 39.9. The molecule has 5 atom stereocenters. The molecular formula is C115H140BBrN19NaO12+. The average Bonchev–Trinajstić information content (AvgIpc) is 0.759. The number of quaternary nitrogens is 1. The van der Waals surface area contributed by atoms with Gasteiger partial charge in [0.1, 0.15) is 41.3 Å². The molecule has 0 saturated carbocycles. The number of ether oxygens (including phenoxy) is 2. The Balaban J connectivity index is 0.000000227. The monoisotopic (exact) mass is 2090 g/mol. The summed E-state index contributed by atoms with van der Waals surface area (Å²) in [6, 6.07) is 65.9. The zero-order valence-corrected chi connectivity index (χ0v) is 92.6. The number of allylic oxidation sites excluding steroid dienone is 1. The minimum atomic E-state index is -1.36. The molecule has 13 aromatic rings. The SMILES string of the molecule is BrCc1ccccc1.CC(C)c1ccccc1-n1c(=O)[nH]c(=O)c2ccncc21.CC(C)c1ccccc1-n1c(=O)nc(N2C[C@@H](C)N(C(=O)OC(C)(C)C)C[C@@H]2C)c2ccncc21.CC(C)c1ccccc1C(O)O.CC(C)c1ccccc1N1C(=O)NC(N2C[C@@H](C)N(C(=O)OC(C)(C)C)C[C@@H]2C)=C2C=C[NH+](Cc3ccccc3)C=C21.CC(C)c1ccccc1Nc1cnccc1C(N)=O.NC(=O)c1ccncc1N.[B].[H-].[Na+]. The number of nitrogens with one attached hydrogen (secondary N) is 4. The van der Waals surface area contributed by atoms with Crippen LogP contribution in [0, 0.1) is 0 Å². The van der Waals surface area contributed by atoms with Gasteiger partial charge in [-0.3, -0.25) is 63.6 Å². The van der Waals surface area contributed by atoms with Gasteiger partial charge < -0.3 is 63.2 Å². The number of pyridine rings is 4. The fraction of sp³-hybridized carbons (Fsp3) is 0.330. The minimum Gasteiger partial charge on any atom is -1.00 e. The summed E-state index contributed by atoms with van der Waals surface area (Å²) in [7, 11) is 0. The number of fused-ring (bicyclic) bond motifs is 3. The Labute approximate surface area is 906 Å². The summed E-state index contributed by atoms with van der Waals surface area (Å²) in [5.74, 6) is 1.86. The molecule has 12 N–H and O–H groups in total. The maximum absolute atomic E-state index is 14.1. The molecular weight excluding hydrogens is 1950 g/mol. The van der Waals surface area contributed by atoms with Gasteiger partial charge in [-0.2, -0.15) is 4.98 Å². The molecule has 3 radical (unpaired) electrons. The van der Waals surface area contributed by atoms with Crippen LogP contribution in [0.25, 0.3) is 33.2 Å². The van der Waals surface area contributed by atoms with Gasteiger partial charge in [0.15, 0.2) is 6.29 Å². The molecule has 2 fully saturated rings. The van der Waals surface area contributed by atoms with Crippen molar-refractivity contribution in [3.05, 3.63) is 378 Å². The van der Waals surface area contributed by atoms with Gasteiger partial charge in [-0.15, -0.1) is 0 Å². The Kier molecular flexibility index (Phi) is 43.0. The Hall–Kier alpha value is -14.2. The van der Waals surface area contributed by atoms with Crippen molar-refractivity contribution < 1.29 is 79.5 Å². The van der Waals surface area contributed by atoms with Crippen LogP contribution in [0.2, 0.25) is 0 Å². The summed E-state index contributed by atoms with van der Waals surface area (Å²) >= 11 is 3.36. The number of rotatable bonds is 18. The van der Waals surface area contributed by atoms with Crippen molar-refractivity contribution in [3.63, 3.8) is 0 Å². The van der Waals surface area contributed by atoms with Crippen molar-refractivity contribution in [1.82, 2.24) is 59.1 Å². The molecule has 777 valence electrons. The summed E-state index contributed by atoms with van der Waals surface area (Å²) in [6.45, 7) is 43.2. The van der Waals surface area contributed by atoms with Crippen LogP contribution in [0.1, 0.15) is 241 Å². The third kappa shape index (κ3) is 31.0. The molecule has 31 nitrogen and oxygen atoms in total. The number of urea groups is 1. The number of hydrogen-bond acceptors (Lipinski definition) is 21. The third-order valence-electron chi connectivity index (χ3n) is 24.8. The molecule has 0 bridgehead atoms. The number of hydrogen-bond donors (Lipinski definition) is 9. The summed E-state index contributed by atoms with van der Waals surface area (Å²) < 4.78 is 14.5. The molecule has 17 rings (SSSR count). The first-order valence-electron chi connectivity index (χ1n) is 49.4. The van der Waals surface area contributed by atoms with Crippen LogP contribution in [-0.2, 0) is 21.3 Å². The predicted molar refractivity (Wildman–Crippen MR) is 593 cm³/mol. The van der Waals surface area contributed by atoms with Crippen LogP contribution in [-0.4, -0.2) is 164 Å². The normalized spacial score (nSPS) is 15.7. The first kappa shape index (κ1) is 118. The molecule has 10 heterocycles. The van der Waals surface area contributed by atoms with E-state index in [0.717, 1.165) is 84.3 Å². The Morgan fingerprint density at radius 2 is 0.919 bits per heavy atom. The topological polar surface area (TPSA) is 408 Å². The standard InChI is InChI=1S/C34H43N5O3.C27H35N5O3.C16H15N3O2.C15H17N3O.C10H14O2.C7H7Br.C6H7N3O.B.Na.H/c1-23(2)27-15-11-12-16-29(27)39-30-22-36(21-26-13-9-8-10-14-26)18-17-28(30)31(35-32(39)40)37-19-25(4)38(20-24(37)3)33(41)42-34(5,6)7;1-17(2)20-10-8-9-11-22(20)32-23-14-28-13-12-21(23)24(29-25(32)33)30-15-19(4)31(16-18(30)3)26(34)35-27(5,6)7;1-10(2)11-5-3-4-6-13(11)19-14-9-17-8-7-12(14)15(20)18-16(19)21;1-10(2)11-5-3-4-6-13(11)18-14-9-17-8-7-12(14)15(16)19;1-7(2)8-5-3-4-6-9(8)10(11)12;8-6-7-4-2-1-3-5-7;7-5-3-9-2-1-4(5)6(8)10;;;/h8-18,22-25H,19-21H2,1-7H3,(H,35,40);8-14,17-19H,15-16H2,1-7H3;3-10H,1-2H3,(H,18,20,21);3-10,18H,1-2H3,(H2,16,19);3-7,10-12H,1-2H3;1-5H,6H2;1-3H,7H2,(H2,8,10);;;/q;;;;;;;;+1;-1/p+1/t24-,25+;18-,19+;;;;;;;;/m00......../s1. The van der Waals surface area contributed by atoms with Gasteiger partial charge in [-0.05, 0) is 181 Å². The second-order valence-corrected chi connectivity index (χ2v) is 40.5. The molecule has 0 aliphatic carbocycles. The molecule has 34 heteroatoms. The number of aromatic amines is 1. The van der Waals surface area contributed by atoms with Crippen LogP contribution < -0.4 is 89.0 Å². The number of alkyl halides is 1. The summed E-state index contributed by atoms with van der Waals surface area (Å²) in [6.07, 6.45) is 17.0. The number of aromatic nitrogens is 8. The molecule has 4 aliphatic heterocycles. The number of para-hydroxylation sites is 4. The fourth-order valence-electron chi connectivity index (χ4n) is 17.5. The van der Waals surface area contributed by atoms with Gasteiger partial charge in [-0.25, -0.2) is 24.0 Å². The molecule has 1 unspecified atom stereocenters. The van der Waals surface area contributed by atoms with Gasteiger partial charge in [0.05, 0.1) is 92.5 Å². The van der Waals surface area contributed by atoms with E-state index in [-0.39, 0.29) is 105 Å². The number of nitrogens with two attached hydrogens (primary N) is 3. The van der Waals surface area contributed by atoms with Gasteiger partial charge in [-0.1, -0.05) is 243 Å². The fourth-order valence-corrected chi connectivity index (χ4v) is 17.9. The summed E-state index contributed by atoms with van der Waals surface area (Å²) in [4.78, 5) is 133. The van der Waals surface area contributed by atoms with Gasteiger partial charge in [0, 0.05) is 117 Å². The number of piperazine rings is 2. The number of nitrogen functional groups attached to an aromatic ring is 1. The van der Waals surface area contributed by atoms with Crippen molar-refractivity contribution in [1.29, 1.82) is 0 Å². The van der Waals surface area contributed by atoms with E-state index in [0.29, 0.717) is 88.3 Å². The number of primary amides is 2. The number of halogens is 1. The minimum absolute atomic E-state index is 0. The van der Waals surface area contributed by atoms with E-state index in [1.165, 1.54) is 39.7 Å². The molecule has 7 aromatic carbocycles. The van der Waals surface area contributed by atoms with Crippen molar-refractivity contribution >= 4 is 105 Å². The van der Waals surface area contributed by atoms with E-state index in [2.05, 4.69) is 196 Å². The van der Waals surface area contributed by atoms with E-state index in [1.807, 2.05) is 208 Å². The van der Waals surface area contributed by atoms with Crippen LogP contribution in [0.15, 0.2) is 306 Å². The summed E-state index contributed by atoms with van der Waals surface area (Å²) in [5.41, 5.74) is 30.1. The zero-order valence-electron chi connectivity index (χ0n) is 90.0. The van der Waals surface area contributed by atoms with E-state index in [9.17, 15) is 38.4 Å². The first-order valence-corrected chi connectivity index (χ1v) is 50.5. The number of nitrogens with zero attached hydrogens (tertiary/aromatic N) is 12. The largest absolute Gasteiger partial charge is 1.00 e. The average molecular weight is 2090 g/mol. The number of carbonyl (C=O) groups is 5. The molecule has 0 spiro atoms. The van der Waals surface area contributed by atoms with Crippen molar-refractivity contribution in [2.45, 2.75) is 222 Å². The summed E-state index contributed by atoms with van der Waals surface area (Å²) in [5, 5.41) is 26.8. The number of anilines is 5. The van der Waals surface area contributed by atoms with Crippen molar-refractivity contribution in [2.75, 3.05) is 47.0 Å². The first-order chi connectivity index (χ1) is 69.9. The number of amides is 6. The molecule has 2 saturated heterocycles. The molecule has 6 aromatic heterocycles. The number of benzene rings is 7. The Bertz CT molecular complexity index is 7030. The van der Waals surface area contributed by atoms with Crippen LogP contribution >= 0.6 is 15.9 Å². The quantitative estimate of drug-likeness (QED) is 0.0219. The molecule has 6 amide bonds. The third-order valence-corrected chi connectivity index (χ3v) is 25.4. The van der Waals surface area contributed by atoms with Crippen LogP contribution in [0.5, 0.6) is 0 Å². The smallest absolute Gasteiger partial charge is 1.00 e. The van der Waals surface area contributed by atoms with Crippen LogP contribution in [0.3, 0.4) is 0 Å². The number of H-pyrrole nitrogens is 1. The molecule has 149 heavy (non-hydrogen) atoms. The number of carbonyl (C=O) groups excluding carboxylic acids is 5. The maximum atomic E-state index is 14.1. The van der Waals surface area contributed by atoms with Crippen molar-refractivity contribution in [3.8, 4) is 11.4 Å². The second kappa shape index (κ2) is 54.1. The Morgan fingerprint density at radius 3 is 1.40 bits per heavy atom. The van der Waals surface area contributed by atoms with Gasteiger partial charge in [0.25, 0.3) is 17.4 Å². The van der Waals surface area contributed by atoms with Crippen molar-refractivity contribution in [2.24, 2.45) is 11.5 Å². The van der Waals surface area contributed by atoms with Gasteiger partial charge in [0.2, 0.25) is 0 Å².